The second kappa shape index (κ2) is 3.50. The molecule has 0 radical (unpaired) electrons. The van der Waals surface area contributed by atoms with Crippen molar-refractivity contribution in [2.45, 2.75) is 6.04 Å². The largest absolute Gasteiger partial charge is 0.320 e. The number of thiophene rings is 1. The molecule has 1 atom stereocenters. The Morgan fingerprint density at radius 3 is 2.90 bits per heavy atom. The Kier molecular flexibility index (Phi) is 2.88. The van der Waals surface area contributed by atoms with Gasteiger partial charge in [0, 0.05) is 8.45 Å². The van der Waals surface area contributed by atoms with Gasteiger partial charge in [-0.25, -0.2) is 0 Å². The molecular formula is C7H8INS. The quantitative estimate of drug-likeness (QED) is 0.645. The summed E-state index contributed by atoms with van der Waals surface area (Å²) in [5, 5.41) is 2.04. The van der Waals surface area contributed by atoms with E-state index in [4.69, 9.17) is 5.73 Å². The van der Waals surface area contributed by atoms with E-state index in [2.05, 4.69) is 35.2 Å². The zero-order valence-electron chi connectivity index (χ0n) is 5.38. The van der Waals surface area contributed by atoms with E-state index in [1.54, 1.807) is 17.4 Å². The van der Waals surface area contributed by atoms with E-state index in [9.17, 15) is 0 Å². The highest BCUT2D eigenvalue weighted by atomic mass is 127. The molecule has 0 spiro atoms. The maximum Gasteiger partial charge on any atom is 0.0583 e. The van der Waals surface area contributed by atoms with Crippen LogP contribution in [0.5, 0.6) is 0 Å². The molecule has 0 aliphatic carbocycles. The molecule has 1 aromatic rings. The van der Waals surface area contributed by atoms with E-state index < -0.39 is 0 Å². The maximum absolute atomic E-state index is 5.73. The van der Waals surface area contributed by atoms with Crippen LogP contribution in [0.1, 0.15) is 10.9 Å². The van der Waals surface area contributed by atoms with Gasteiger partial charge in [-0.3, -0.25) is 0 Å². The van der Waals surface area contributed by atoms with Crippen LogP contribution in [0.2, 0.25) is 0 Å². The highest BCUT2D eigenvalue weighted by Crippen LogP contribution is 2.24. The SMILES string of the molecule is C=C[C@@H](N)c1sccc1I. The van der Waals surface area contributed by atoms with Crippen molar-refractivity contribution in [2.24, 2.45) is 5.73 Å². The Morgan fingerprint density at radius 2 is 2.50 bits per heavy atom. The molecule has 10 heavy (non-hydrogen) atoms. The fraction of sp³-hybridized carbons (Fsp3) is 0.143. The van der Waals surface area contributed by atoms with Crippen LogP contribution in [0, 0.1) is 3.57 Å². The topological polar surface area (TPSA) is 26.0 Å². The summed E-state index contributed by atoms with van der Waals surface area (Å²) < 4.78 is 1.23. The van der Waals surface area contributed by atoms with Gasteiger partial charge in [0.1, 0.15) is 0 Å². The maximum atomic E-state index is 5.73. The summed E-state index contributed by atoms with van der Waals surface area (Å²) in [4.78, 5) is 1.20. The van der Waals surface area contributed by atoms with Crippen molar-refractivity contribution in [2.75, 3.05) is 0 Å². The van der Waals surface area contributed by atoms with Gasteiger partial charge >= 0.3 is 0 Å². The van der Waals surface area contributed by atoms with Crippen LogP contribution in [-0.4, -0.2) is 0 Å². The van der Waals surface area contributed by atoms with Crippen molar-refractivity contribution >= 4 is 33.9 Å². The second-order valence-electron chi connectivity index (χ2n) is 1.89. The molecule has 1 heterocycles. The minimum Gasteiger partial charge on any atom is -0.320 e. The van der Waals surface area contributed by atoms with Crippen LogP contribution >= 0.6 is 33.9 Å². The zero-order valence-corrected chi connectivity index (χ0v) is 8.35. The van der Waals surface area contributed by atoms with Crippen molar-refractivity contribution < 1.29 is 0 Å². The molecule has 0 unspecified atom stereocenters. The first-order valence-electron chi connectivity index (χ1n) is 2.86. The summed E-state index contributed by atoms with van der Waals surface area (Å²) in [5.41, 5.74) is 5.73. The molecule has 3 heteroatoms. The Balaban J connectivity index is 2.92. The van der Waals surface area contributed by atoms with Gasteiger partial charge < -0.3 is 5.73 Å². The highest BCUT2D eigenvalue weighted by molar-refractivity contribution is 14.1. The van der Waals surface area contributed by atoms with Crippen LogP contribution in [-0.2, 0) is 0 Å². The number of halogens is 1. The van der Waals surface area contributed by atoms with Crippen molar-refractivity contribution in [1.82, 2.24) is 0 Å². The average Bonchev–Trinajstić information content (AvgIpc) is 2.34. The van der Waals surface area contributed by atoms with Crippen molar-refractivity contribution in [1.29, 1.82) is 0 Å². The standard InChI is InChI=1S/C7H8INS/c1-2-6(9)7-5(8)3-4-10-7/h2-4,6H,1,9H2/t6-/m1/s1. The Bertz CT molecular complexity index is 231. The minimum atomic E-state index is 0.00639. The number of nitrogens with two attached hydrogens (primary N) is 1. The third-order valence-corrected chi connectivity index (χ3v) is 3.53. The van der Waals surface area contributed by atoms with Crippen molar-refractivity contribution in [3.63, 3.8) is 0 Å². The van der Waals surface area contributed by atoms with Crippen molar-refractivity contribution in [3.05, 3.63) is 32.5 Å². The van der Waals surface area contributed by atoms with Gasteiger partial charge in [0.15, 0.2) is 0 Å². The van der Waals surface area contributed by atoms with Gasteiger partial charge in [-0.1, -0.05) is 6.08 Å². The lowest BCUT2D eigenvalue weighted by molar-refractivity contribution is 0.934. The molecule has 0 aromatic carbocycles. The summed E-state index contributed by atoms with van der Waals surface area (Å²) in [6.07, 6.45) is 1.76. The normalized spacial score (nSPS) is 13.0. The molecule has 0 saturated heterocycles. The molecular weight excluding hydrogens is 257 g/mol. The van der Waals surface area contributed by atoms with E-state index in [1.165, 1.54) is 8.45 Å². The third kappa shape index (κ3) is 1.59. The lowest BCUT2D eigenvalue weighted by Gasteiger charge is -2.01. The van der Waals surface area contributed by atoms with Gasteiger partial charge in [-0.2, -0.15) is 0 Å². The first kappa shape index (κ1) is 8.23. The highest BCUT2D eigenvalue weighted by Gasteiger charge is 2.05. The Hall–Kier alpha value is 0.130. The summed E-state index contributed by atoms with van der Waals surface area (Å²) in [6, 6.07) is 2.07. The van der Waals surface area contributed by atoms with E-state index in [0.29, 0.717) is 0 Å². The van der Waals surface area contributed by atoms with Crippen LogP contribution in [0.3, 0.4) is 0 Å². The molecule has 54 valence electrons. The van der Waals surface area contributed by atoms with Crippen LogP contribution in [0.25, 0.3) is 0 Å². The van der Waals surface area contributed by atoms with E-state index >= 15 is 0 Å². The molecule has 1 nitrogen and oxygen atoms in total. The summed E-state index contributed by atoms with van der Waals surface area (Å²) in [7, 11) is 0. The lowest BCUT2D eigenvalue weighted by atomic mass is 10.2. The fourth-order valence-electron chi connectivity index (χ4n) is 0.650. The van der Waals surface area contributed by atoms with Gasteiger partial charge in [0.2, 0.25) is 0 Å². The number of rotatable bonds is 2. The third-order valence-electron chi connectivity index (χ3n) is 1.20. The lowest BCUT2D eigenvalue weighted by Crippen LogP contribution is -2.05. The summed E-state index contributed by atoms with van der Waals surface area (Å²) in [5.74, 6) is 0. The van der Waals surface area contributed by atoms with Gasteiger partial charge in [-0.05, 0) is 34.0 Å². The first-order valence-corrected chi connectivity index (χ1v) is 4.82. The van der Waals surface area contributed by atoms with E-state index in [-0.39, 0.29) is 6.04 Å². The predicted molar refractivity (Wildman–Crippen MR) is 54.2 cm³/mol. The molecule has 0 saturated carbocycles. The van der Waals surface area contributed by atoms with Crippen LogP contribution in [0.15, 0.2) is 24.1 Å². The molecule has 0 aliphatic heterocycles. The molecule has 2 N–H and O–H groups in total. The Labute approximate surface area is 78.1 Å². The molecule has 1 rings (SSSR count). The molecule has 0 aliphatic rings. The molecule has 0 amide bonds. The van der Waals surface area contributed by atoms with Crippen molar-refractivity contribution in [3.8, 4) is 0 Å². The smallest absolute Gasteiger partial charge is 0.0583 e. The van der Waals surface area contributed by atoms with Gasteiger partial charge in [-0.15, -0.1) is 17.9 Å². The van der Waals surface area contributed by atoms with E-state index in [0.717, 1.165) is 0 Å². The summed E-state index contributed by atoms with van der Waals surface area (Å²) in [6.45, 7) is 3.64. The minimum absolute atomic E-state index is 0.00639. The average molecular weight is 265 g/mol. The van der Waals surface area contributed by atoms with E-state index in [1.807, 2.05) is 5.38 Å². The number of hydrogen-bond acceptors (Lipinski definition) is 2. The Morgan fingerprint density at radius 1 is 1.80 bits per heavy atom. The summed E-state index contributed by atoms with van der Waals surface area (Å²) >= 11 is 3.96. The first-order chi connectivity index (χ1) is 4.75. The predicted octanol–water partition coefficient (Wildman–Crippen LogP) is 2.54. The molecule has 0 bridgehead atoms. The fourth-order valence-corrected chi connectivity index (χ4v) is 2.60. The van der Waals surface area contributed by atoms with Crippen LogP contribution < -0.4 is 5.73 Å². The number of hydrogen-bond donors (Lipinski definition) is 1. The zero-order chi connectivity index (χ0) is 7.56. The van der Waals surface area contributed by atoms with Crippen LogP contribution in [0.4, 0.5) is 0 Å². The molecule has 1 aromatic heterocycles. The van der Waals surface area contributed by atoms with Gasteiger partial charge in [0.05, 0.1) is 6.04 Å². The molecule has 0 fully saturated rings. The second-order valence-corrected chi connectivity index (χ2v) is 4.00. The van der Waals surface area contributed by atoms with Gasteiger partial charge in [0.25, 0.3) is 0 Å². The monoisotopic (exact) mass is 265 g/mol.